The highest BCUT2D eigenvalue weighted by atomic mass is 28.3. The van der Waals surface area contributed by atoms with E-state index in [0.717, 1.165) is 30.3 Å². The van der Waals surface area contributed by atoms with E-state index in [1.807, 2.05) is 29.2 Å². The number of imidazole rings is 1. The molecule has 0 saturated carbocycles. The van der Waals surface area contributed by atoms with Gasteiger partial charge in [-0.1, -0.05) is 31.8 Å². The predicted molar refractivity (Wildman–Crippen MR) is 153 cm³/mol. The Hall–Kier alpha value is -3.59. The Balaban J connectivity index is 1.70. The van der Waals surface area contributed by atoms with Crippen LogP contribution in [0.2, 0.25) is 25.7 Å². The number of rotatable bonds is 10. The number of hydrogen-bond donors (Lipinski definition) is 1. The Labute approximate surface area is 230 Å². The lowest BCUT2D eigenvalue weighted by molar-refractivity contribution is 0.0597. The van der Waals surface area contributed by atoms with Gasteiger partial charge in [-0.15, -0.1) is 0 Å². The zero-order valence-corrected chi connectivity index (χ0v) is 24.2. The average molecular weight is 548 g/mol. The number of nitriles is 1. The summed E-state index contributed by atoms with van der Waals surface area (Å²) in [7, 11) is 0.779. The van der Waals surface area contributed by atoms with Gasteiger partial charge < -0.3 is 19.9 Å². The standard InChI is InChI=1S/C28H37N7O3Si/c1-33-13-15-34(16-14-33)28(37)26-32-24-23(21-7-5-8-22(19-21)27(36)31-11-6-10-29)9-12-30-25(24)35(26)20-38-17-18-39(2,3)4/h5,7-9,12,19H,6,11,13-18,20H2,1-4H3,(H,31,36). The van der Waals surface area contributed by atoms with Crippen LogP contribution in [0.5, 0.6) is 0 Å². The molecule has 0 unspecified atom stereocenters. The van der Waals surface area contributed by atoms with E-state index in [9.17, 15) is 9.59 Å². The molecule has 2 aromatic heterocycles. The van der Waals surface area contributed by atoms with Crippen molar-refractivity contribution in [2.24, 2.45) is 0 Å². The fraction of sp³-hybridized carbons (Fsp3) is 0.464. The molecule has 1 saturated heterocycles. The molecule has 3 heterocycles. The van der Waals surface area contributed by atoms with Gasteiger partial charge >= 0.3 is 0 Å². The van der Waals surface area contributed by atoms with Crippen molar-refractivity contribution in [1.82, 2.24) is 29.7 Å². The van der Waals surface area contributed by atoms with Crippen molar-refractivity contribution >= 4 is 31.1 Å². The highest BCUT2D eigenvalue weighted by molar-refractivity contribution is 6.76. The number of nitrogens with one attached hydrogen (secondary N) is 1. The number of nitrogens with zero attached hydrogens (tertiary/aromatic N) is 6. The highest BCUT2D eigenvalue weighted by Crippen LogP contribution is 2.29. The third kappa shape index (κ3) is 7.09. The monoisotopic (exact) mass is 547 g/mol. The number of hydrogen-bond acceptors (Lipinski definition) is 7. The molecule has 2 amide bonds. The van der Waals surface area contributed by atoms with Crippen LogP contribution in [-0.2, 0) is 11.5 Å². The van der Waals surface area contributed by atoms with Crippen molar-refractivity contribution in [3.05, 3.63) is 47.9 Å². The second-order valence-electron chi connectivity index (χ2n) is 11.1. The lowest BCUT2D eigenvalue weighted by atomic mass is 10.0. The molecule has 4 rings (SSSR count). The minimum atomic E-state index is -1.27. The van der Waals surface area contributed by atoms with Crippen molar-refractivity contribution < 1.29 is 14.3 Å². The Morgan fingerprint density at radius 1 is 1.15 bits per heavy atom. The summed E-state index contributed by atoms with van der Waals surface area (Å²) >= 11 is 0. The van der Waals surface area contributed by atoms with Crippen molar-refractivity contribution in [2.45, 2.75) is 38.8 Å². The first-order valence-corrected chi connectivity index (χ1v) is 17.0. The Kier molecular flexibility index (Phi) is 9.11. The van der Waals surface area contributed by atoms with Gasteiger partial charge in [-0.05, 0) is 36.9 Å². The molecule has 3 aromatic rings. The van der Waals surface area contributed by atoms with Gasteiger partial charge in [0.25, 0.3) is 11.8 Å². The lowest BCUT2D eigenvalue weighted by Gasteiger charge is -2.32. The molecule has 1 fully saturated rings. The summed E-state index contributed by atoms with van der Waals surface area (Å²) in [6.45, 7) is 10.9. The maximum atomic E-state index is 13.7. The molecule has 1 aliphatic rings. The average Bonchev–Trinajstić information content (AvgIpc) is 3.29. The summed E-state index contributed by atoms with van der Waals surface area (Å²) in [4.78, 5) is 39.8. The second kappa shape index (κ2) is 12.5. The maximum Gasteiger partial charge on any atom is 0.290 e. The van der Waals surface area contributed by atoms with Gasteiger partial charge in [0.1, 0.15) is 12.2 Å². The number of piperazine rings is 1. The third-order valence-corrected chi connectivity index (χ3v) is 8.49. The molecule has 206 valence electrons. The molecule has 0 spiro atoms. The normalized spacial score (nSPS) is 14.4. The third-order valence-electron chi connectivity index (χ3n) is 6.79. The van der Waals surface area contributed by atoms with E-state index in [1.165, 1.54) is 0 Å². The Morgan fingerprint density at radius 3 is 2.64 bits per heavy atom. The molecule has 0 aliphatic carbocycles. The van der Waals surface area contributed by atoms with E-state index in [1.54, 1.807) is 22.9 Å². The van der Waals surface area contributed by atoms with E-state index >= 15 is 0 Å². The predicted octanol–water partition coefficient (Wildman–Crippen LogP) is 3.44. The summed E-state index contributed by atoms with van der Waals surface area (Å²) in [6, 6.07) is 12.1. The summed E-state index contributed by atoms with van der Waals surface area (Å²) < 4.78 is 7.84. The Morgan fingerprint density at radius 2 is 1.92 bits per heavy atom. The fourth-order valence-corrected chi connectivity index (χ4v) is 5.14. The van der Waals surface area contributed by atoms with Gasteiger partial charge in [0.15, 0.2) is 5.65 Å². The first-order valence-electron chi connectivity index (χ1n) is 13.3. The van der Waals surface area contributed by atoms with Crippen LogP contribution in [0.4, 0.5) is 0 Å². The van der Waals surface area contributed by atoms with Crippen LogP contribution < -0.4 is 5.32 Å². The number of aromatic nitrogens is 3. The summed E-state index contributed by atoms with van der Waals surface area (Å²) in [5, 5.41) is 11.5. The van der Waals surface area contributed by atoms with Crippen LogP contribution in [0, 0.1) is 11.3 Å². The molecule has 11 heteroatoms. The van der Waals surface area contributed by atoms with Crippen LogP contribution in [0.3, 0.4) is 0 Å². The maximum absolute atomic E-state index is 13.7. The molecular formula is C28H37N7O3Si. The smallest absolute Gasteiger partial charge is 0.290 e. The quantitative estimate of drug-likeness (QED) is 0.305. The highest BCUT2D eigenvalue weighted by Gasteiger charge is 2.27. The zero-order chi connectivity index (χ0) is 28.0. The number of likely N-dealkylation sites (N-methyl/N-ethyl adjacent to an activating group) is 1. The molecule has 1 aromatic carbocycles. The van der Waals surface area contributed by atoms with E-state index < -0.39 is 8.07 Å². The van der Waals surface area contributed by atoms with Gasteiger partial charge in [0, 0.05) is 64.7 Å². The number of fused-ring (bicyclic) bond motifs is 1. The number of ether oxygens (including phenoxy) is 1. The zero-order valence-electron chi connectivity index (χ0n) is 23.2. The summed E-state index contributed by atoms with van der Waals surface area (Å²) in [5.41, 5.74) is 3.21. The fourth-order valence-electron chi connectivity index (χ4n) is 4.38. The summed E-state index contributed by atoms with van der Waals surface area (Å²) in [5.74, 6) is -0.0657. The van der Waals surface area contributed by atoms with Crippen molar-refractivity contribution in [1.29, 1.82) is 5.26 Å². The van der Waals surface area contributed by atoms with Gasteiger partial charge in [0.05, 0.1) is 12.5 Å². The van der Waals surface area contributed by atoms with Crippen LogP contribution >= 0.6 is 0 Å². The molecule has 0 atom stereocenters. The van der Waals surface area contributed by atoms with Gasteiger partial charge in [-0.2, -0.15) is 5.26 Å². The SMILES string of the molecule is CN1CCN(C(=O)c2nc3c(-c4cccc(C(=O)NCCC#N)c4)ccnc3n2COCC[Si](C)(C)C)CC1. The lowest BCUT2D eigenvalue weighted by Crippen LogP contribution is -2.47. The van der Waals surface area contributed by atoms with Gasteiger partial charge in [-0.3, -0.25) is 14.2 Å². The van der Waals surface area contributed by atoms with Crippen LogP contribution in [0.15, 0.2) is 36.5 Å². The van der Waals surface area contributed by atoms with E-state index in [0.29, 0.717) is 48.8 Å². The van der Waals surface area contributed by atoms with Crippen LogP contribution in [0.1, 0.15) is 27.4 Å². The van der Waals surface area contributed by atoms with Gasteiger partial charge in [0.2, 0.25) is 5.82 Å². The Bertz CT molecular complexity index is 1370. The number of amides is 2. The first kappa shape index (κ1) is 28.4. The number of benzene rings is 1. The molecule has 0 bridgehead atoms. The largest absolute Gasteiger partial charge is 0.361 e. The molecular weight excluding hydrogens is 510 g/mol. The molecule has 1 N–H and O–H groups in total. The van der Waals surface area contributed by atoms with E-state index in [2.05, 4.69) is 41.9 Å². The summed E-state index contributed by atoms with van der Waals surface area (Å²) in [6.07, 6.45) is 1.94. The van der Waals surface area contributed by atoms with Crippen molar-refractivity contribution in [3.8, 4) is 17.2 Å². The molecule has 0 radical (unpaired) electrons. The minimum absolute atomic E-state index is 0.133. The molecule has 10 nitrogen and oxygen atoms in total. The minimum Gasteiger partial charge on any atom is -0.361 e. The van der Waals surface area contributed by atoms with Crippen molar-refractivity contribution in [2.75, 3.05) is 46.4 Å². The molecule has 1 aliphatic heterocycles. The van der Waals surface area contributed by atoms with E-state index in [4.69, 9.17) is 15.0 Å². The van der Waals surface area contributed by atoms with Crippen LogP contribution in [0.25, 0.3) is 22.3 Å². The van der Waals surface area contributed by atoms with Crippen LogP contribution in [-0.4, -0.2) is 90.6 Å². The van der Waals surface area contributed by atoms with Gasteiger partial charge in [-0.25, -0.2) is 9.97 Å². The van der Waals surface area contributed by atoms with E-state index in [-0.39, 0.29) is 25.0 Å². The first-order chi connectivity index (χ1) is 18.7. The number of carbonyl (C=O) groups is 2. The number of carbonyl (C=O) groups excluding carboxylic acids is 2. The number of pyridine rings is 1. The second-order valence-corrected chi connectivity index (χ2v) is 16.7. The van der Waals surface area contributed by atoms with Crippen molar-refractivity contribution in [3.63, 3.8) is 0 Å². The molecule has 39 heavy (non-hydrogen) atoms. The topological polar surface area (TPSA) is 116 Å².